The zero-order valence-electron chi connectivity index (χ0n) is 8.13. The van der Waals surface area contributed by atoms with Gasteiger partial charge in [-0.15, -0.1) is 0 Å². The Bertz CT molecular complexity index is 402. The van der Waals surface area contributed by atoms with Crippen LogP contribution in [0.2, 0.25) is 5.02 Å². The Labute approximate surface area is 88.8 Å². The van der Waals surface area contributed by atoms with Gasteiger partial charge in [-0.2, -0.15) is 5.26 Å². The lowest BCUT2D eigenvalue weighted by molar-refractivity contribution is 0.996. The summed E-state index contributed by atoms with van der Waals surface area (Å²) in [6, 6.07) is 9.42. The van der Waals surface area contributed by atoms with Gasteiger partial charge in [-0.05, 0) is 24.6 Å². The Kier molecular flexibility index (Phi) is 3.55. The highest BCUT2D eigenvalue weighted by atomic mass is 35.5. The molecule has 0 saturated heterocycles. The molecule has 14 heavy (non-hydrogen) atoms. The highest BCUT2D eigenvalue weighted by molar-refractivity contribution is 6.30. The lowest BCUT2D eigenvalue weighted by Gasteiger charge is -2.05. The summed E-state index contributed by atoms with van der Waals surface area (Å²) in [5.41, 5.74) is 2.30. The second kappa shape index (κ2) is 4.69. The number of hydrogen-bond acceptors (Lipinski definition) is 2. The average Bonchev–Trinajstić information content (AvgIpc) is 2.19. The van der Waals surface area contributed by atoms with Gasteiger partial charge >= 0.3 is 0 Å². The first-order valence-corrected chi connectivity index (χ1v) is 4.61. The van der Waals surface area contributed by atoms with Crippen LogP contribution in [0.3, 0.4) is 0 Å². The molecule has 0 amide bonds. The SMILES string of the molecule is CN/C(C)=C(/C#N)c1cccc(Cl)c1. The summed E-state index contributed by atoms with van der Waals surface area (Å²) < 4.78 is 0. The van der Waals surface area contributed by atoms with Crippen molar-refractivity contribution in [1.82, 2.24) is 5.32 Å². The van der Waals surface area contributed by atoms with Crippen LogP contribution in [0.25, 0.3) is 5.57 Å². The van der Waals surface area contributed by atoms with Crippen molar-refractivity contribution in [2.24, 2.45) is 0 Å². The van der Waals surface area contributed by atoms with Crippen LogP contribution in [0, 0.1) is 11.3 Å². The van der Waals surface area contributed by atoms with Crippen molar-refractivity contribution >= 4 is 17.2 Å². The predicted octanol–water partition coefficient (Wildman–Crippen LogP) is 2.81. The lowest BCUT2D eigenvalue weighted by Crippen LogP contribution is -2.04. The third kappa shape index (κ3) is 2.27. The third-order valence-corrected chi connectivity index (χ3v) is 2.21. The molecular weight excluding hydrogens is 196 g/mol. The van der Waals surface area contributed by atoms with Gasteiger partial charge in [0.05, 0.1) is 5.57 Å². The van der Waals surface area contributed by atoms with Gasteiger partial charge < -0.3 is 5.32 Å². The molecule has 0 radical (unpaired) electrons. The highest BCUT2D eigenvalue weighted by Gasteiger charge is 2.04. The Balaban J connectivity index is 3.22. The first-order chi connectivity index (χ1) is 6.69. The largest absolute Gasteiger partial charge is 0.391 e. The second-order valence-corrected chi connectivity index (χ2v) is 3.31. The van der Waals surface area contributed by atoms with E-state index >= 15 is 0 Å². The molecule has 1 aromatic carbocycles. The zero-order valence-corrected chi connectivity index (χ0v) is 8.89. The molecule has 2 nitrogen and oxygen atoms in total. The molecule has 1 N–H and O–H groups in total. The predicted molar refractivity (Wildman–Crippen MR) is 58.7 cm³/mol. The topological polar surface area (TPSA) is 35.8 Å². The van der Waals surface area contributed by atoms with Crippen LogP contribution in [0.1, 0.15) is 12.5 Å². The number of allylic oxidation sites excluding steroid dienone is 2. The Morgan fingerprint density at radius 3 is 2.71 bits per heavy atom. The van der Waals surface area contributed by atoms with Crippen molar-refractivity contribution in [2.45, 2.75) is 6.92 Å². The molecule has 1 aromatic rings. The highest BCUT2D eigenvalue weighted by Crippen LogP contribution is 2.20. The fourth-order valence-corrected chi connectivity index (χ4v) is 1.32. The van der Waals surface area contributed by atoms with E-state index in [1.807, 2.05) is 19.1 Å². The molecule has 0 spiro atoms. The number of halogens is 1. The maximum Gasteiger partial charge on any atom is 0.102 e. The molecule has 1 rings (SSSR count). The molecule has 3 heteroatoms. The molecule has 0 aromatic heterocycles. The molecule has 0 aliphatic heterocycles. The molecule has 0 fully saturated rings. The smallest absolute Gasteiger partial charge is 0.102 e. The molecular formula is C11H11ClN2. The Hall–Kier alpha value is -1.46. The van der Waals surface area contributed by atoms with E-state index in [0.717, 1.165) is 11.3 Å². The van der Waals surface area contributed by atoms with Gasteiger partial charge in [-0.25, -0.2) is 0 Å². The quantitative estimate of drug-likeness (QED) is 0.756. The zero-order chi connectivity index (χ0) is 10.6. The summed E-state index contributed by atoms with van der Waals surface area (Å²) in [7, 11) is 1.79. The minimum absolute atomic E-state index is 0.620. The van der Waals surface area contributed by atoms with E-state index in [2.05, 4.69) is 11.4 Å². The van der Waals surface area contributed by atoms with E-state index in [1.165, 1.54) is 0 Å². The van der Waals surface area contributed by atoms with Crippen LogP contribution in [0.4, 0.5) is 0 Å². The Morgan fingerprint density at radius 1 is 1.50 bits per heavy atom. The fraction of sp³-hybridized carbons (Fsp3) is 0.182. The summed E-state index contributed by atoms with van der Waals surface area (Å²) in [4.78, 5) is 0. The second-order valence-electron chi connectivity index (χ2n) is 2.87. The summed E-state index contributed by atoms with van der Waals surface area (Å²) >= 11 is 5.84. The summed E-state index contributed by atoms with van der Waals surface area (Å²) in [6.07, 6.45) is 0. The number of nitriles is 1. The number of rotatable bonds is 2. The van der Waals surface area contributed by atoms with Gasteiger partial charge in [0, 0.05) is 17.8 Å². The Morgan fingerprint density at radius 2 is 2.21 bits per heavy atom. The minimum Gasteiger partial charge on any atom is -0.391 e. The van der Waals surface area contributed by atoms with Crippen molar-refractivity contribution in [1.29, 1.82) is 5.26 Å². The van der Waals surface area contributed by atoms with Gasteiger partial charge in [-0.3, -0.25) is 0 Å². The molecule has 0 aliphatic carbocycles. The molecule has 0 bridgehead atoms. The summed E-state index contributed by atoms with van der Waals surface area (Å²) in [5, 5.41) is 12.6. The van der Waals surface area contributed by atoms with Crippen molar-refractivity contribution in [3.8, 4) is 6.07 Å². The van der Waals surface area contributed by atoms with E-state index in [-0.39, 0.29) is 0 Å². The van der Waals surface area contributed by atoms with Crippen molar-refractivity contribution in [3.63, 3.8) is 0 Å². The van der Waals surface area contributed by atoms with E-state index in [0.29, 0.717) is 10.6 Å². The summed E-state index contributed by atoms with van der Waals surface area (Å²) in [6.45, 7) is 1.86. The van der Waals surface area contributed by atoms with Crippen molar-refractivity contribution < 1.29 is 0 Å². The van der Waals surface area contributed by atoms with Gasteiger partial charge in [0.15, 0.2) is 0 Å². The monoisotopic (exact) mass is 206 g/mol. The van der Waals surface area contributed by atoms with Crippen LogP contribution < -0.4 is 5.32 Å². The van der Waals surface area contributed by atoms with E-state index < -0.39 is 0 Å². The standard InChI is InChI=1S/C11H11ClN2/c1-8(14-2)11(7-13)9-4-3-5-10(12)6-9/h3-6,14H,1-2H3/b11-8-. The number of hydrogen-bond donors (Lipinski definition) is 1. The number of nitrogens with zero attached hydrogens (tertiary/aromatic N) is 1. The maximum absolute atomic E-state index is 8.98. The maximum atomic E-state index is 8.98. The number of nitrogens with one attached hydrogen (secondary N) is 1. The summed E-state index contributed by atoms with van der Waals surface area (Å²) in [5.74, 6) is 0. The van der Waals surface area contributed by atoms with Crippen molar-refractivity contribution in [3.05, 3.63) is 40.5 Å². The van der Waals surface area contributed by atoms with Crippen LogP contribution in [0.15, 0.2) is 30.0 Å². The molecule has 0 heterocycles. The van der Waals surface area contributed by atoms with Gasteiger partial charge in [0.2, 0.25) is 0 Å². The molecule has 0 atom stereocenters. The van der Waals surface area contributed by atoms with E-state index in [1.54, 1.807) is 19.2 Å². The fourth-order valence-electron chi connectivity index (χ4n) is 1.13. The molecule has 72 valence electrons. The van der Waals surface area contributed by atoms with Crippen LogP contribution in [-0.4, -0.2) is 7.05 Å². The van der Waals surface area contributed by atoms with E-state index in [9.17, 15) is 0 Å². The van der Waals surface area contributed by atoms with Crippen LogP contribution in [0.5, 0.6) is 0 Å². The van der Waals surface area contributed by atoms with E-state index in [4.69, 9.17) is 16.9 Å². The first kappa shape index (κ1) is 10.6. The van der Waals surface area contributed by atoms with Gasteiger partial charge in [-0.1, -0.05) is 23.7 Å². The minimum atomic E-state index is 0.620. The normalized spacial score (nSPS) is 11.6. The number of benzene rings is 1. The third-order valence-electron chi connectivity index (χ3n) is 1.98. The molecule has 0 saturated carbocycles. The van der Waals surface area contributed by atoms with Crippen molar-refractivity contribution in [2.75, 3.05) is 7.05 Å². The van der Waals surface area contributed by atoms with Gasteiger partial charge in [0.25, 0.3) is 0 Å². The van der Waals surface area contributed by atoms with Crippen LogP contribution in [-0.2, 0) is 0 Å². The molecule has 0 aliphatic rings. The molecule has 0 unspecified atom stereocenters. The average molecular weight is 207 g/mol. The van der Waals surface area contributed by atoms with Crippen LogP contribution >= 0.6 is 11.6 Å². The lowest BCUT2D eigenvalue weighted by atomic mass is 10.1. The first-order valence-electron chi connectivity index (χ1n) is 4.23. The van der Waals surface area contributed by atoms with Gasteiger partial charge in [0.1, 0.15) is 6.07 Å².